The number of aliphatic hydroxyl groups is 1. The van der Waals surface area contributed by atoms with Crippen molar-refractivity contribution in [1.29, 1.82) is 0 Å². The number of nitrogens with zero attached hydrogens (tertiary/aromatic N) is 1. The summed E-state index contributed by atoms with van der Waals surface area (Å²) in [5, 5.41) is 9.01. The molecule has 1 aromatic carbocycles. The van der Waals surface area contributed by atoms with E-state index in [1.165, 1.54) is 18.7 Å². The first-order valence-corrected chi connectivity index (χ1v) is 7.45. The van der Waals surface area contributed by atoms with Crippen molar-refractivity contribution >= 4 is 29.1 Å². The summed E-state index contributed by atoms with van der Waals surface area (Å²) >= 11 is 1.51. The van der Waals surface area contributed by atoms with Gasteiger partial charge in [-0.15, -0.1) is 11.8 Å². The van der Waals surface area contributed by atoms with Gasteiger partial charge in [-0.25, -0.2) is 0 Å². The van der Waals surface area contributed by atoms with Gasteiger partial charge < -0.3 is 10.0 Å². The van der Waals surface area contributed by atoms with Crippen LogP contribution in [0.25, 0.3) is 0 Å². The van der Waals surface area contributed by atoms with E-state index in [4.69, 9.17) is 5.11 Å². The van der Waals surface area contributed by atoms with Gasteiger partial charge in [0.15, 0.2) is 5.78 Å². The molecule has 4 nitrogen and oxygen atoms in total. The molecule has 2 rings (SSSR count). The van der Waals surface area contributed by atoms with Crippen LogP contribution in [0.15, 0.2) is 23.1 Å². The minimum atomic E-state index is -0.528. The van der Waals surface area contributed by atoms with E-state index < -0.39 is 4.75 Å². The fraction of sp³-hybridized carbons (Fsp3) is 0.467. The maximum atomic E-state index is 12.5. The van der Waals surface area contributed by atoms with E-state index in [1.54, 1.807) is 17.0 Å². The predicted molar refractivity (Wildman–Crippen MR) is 80.4 cm³/mol. The van der Waals surface area contributed by atoms with Gasteiger partial charge in [0.25, 0.3) is 0 Å². The molecule has 0 bridgehead atoms. The number of anilines is 1. The minimum Gasteiger partial charge on any atom is -0.396 e. The Balaban J connectivity index is 2.47. The molecule has 0 aromatic heterocycles. The van der Waals surface area contributed by atoms with Gasteiger partial charge in [-0.05, 0) is 39.3 Å². The van der Waals surface area contributed by atoms with Crippen molar-refractivity contribution in [3.63, 3.8) is 0 Å². The summed E-state index contributed by atoms with van der Waals surface area (Å²) < 4.78 is -0.528. The number of hydrogen-bond donors (Lipinski definition) is 1. The lowest BCUT2D eigenvalue weighted by Gasteiger charge is -2.38. The molecule has 0 saturated heterocycles. The van der Waals surface area contributed by atoms with Crippen LogP contribution in [0.5, 0.6) is 0 Å². The Morgan fingerprint density at radius 1 is 1.40 bits per heavy atom. The Hall–Kier alpha value is -1.33. The highest BCUT2D eigenvalue weighted by Crippen LogP contribution is 2.45. The van der Waals surface area contributed by atoms with Gasteiger partial charge in [0.05, 0.1) is 10.4 Å². The summed E-state index contributed by atoms with van der Waals surface area (Å²) in [6, 6.07) is 5.47. The zero-order valence-corrected chi connectivity index (χ0v) is 12.8. The number of rotatable bonds is 4. The SMILES string of the molecule is CC(=O)c1ccc2c(c1)N(CCCO)C(=O)C(C)(C)S2. The maximum Gasteiger partial charge on any atom is 0.243 e. The summed E-state index contributed by atoms with van der Waals surface area (Å²) in [5.41, 5.74) is 1.38. The number of Topliss-reactive ketones (excluding diaryl/α,β-unsaturated/α-hetero) is 1. The molecule has 1 aromatic rings. The maximum absolute atomic E-state index is 12.5. The summed E-state index contributed by atoms with van der Waals surface area (Å²) in [6.45, 7) is 5.82. The highest BCUT2D eigenvalue weighted by Gasteiger charge is 2.39. The van der Waals surface area contributed by atoms with Crippen LogP contribution in [0.3, 0.4) is 0 Å². The zero-order valence-electron chi connectivity index (χ0n) is 12.0. The van der Waals surface area contributed by atoms with Gasteiger partial charge in [-0.2, -0.15) is 0 Å². The van der Waals surface area contributed by atoms with Crippen molar-refractivity contribution < 1.29 is 14.7 Å². The molecule has 1 aliphatic rings. The van der Waals surface area contributed by atoms with Crippen LogP contribution in [-0.2, 0) is 4.79 Å². The number of thioether (sulfide) groups is 1. The molecule has 0 fully saturated rings. The third kappa shape index (κ3) is 2.74. The van der Waals surface area contributed by atoms with Gasteiger partial charge in [-0.3, -0.25) is 9.59 Å². The Bertz CT molecular complexity index is 554. The molecule has 0 spiro atoms. The number of carbonyl (C=O) groups excluding carboxylic acids is 2. The van der Waals surface area contributed by atoms with Crippen molar-refractivity contribution in [2.24, 2.45) is 0 Å². The third-order valence-electron chi connectivity index (χ3n) is 3.32. The van der Waals surface area contributed by atoms with Crippen molar-refractivity contribution in [1.82, 2.24) is 0 Å². The van der Waals surface area contributed by atoms with E-state index in [0.717, 1.165) is 10.6 Å². The number of carbonyl (C=O) groups is 2. The summed E-state index contributed by atoms with van der Waals surface area (Å²) in [7, 11) is 0. The van der Waals surface area contributed by atoms with E-state index >= 15 is 0 Å². The first kappa shape index (κ1) is 15.1. The fourth-order valence-electron chi connectivity index (χ4n) is 2.24. The average Bonchev–Trinajstić information content (AvgIpc) is 2.38. The van der Waals surface area contributed by atoms with E-state index in [1.807, 2.05) is 19.9 Å². The van der Waals surface area contributed by atoms with Gasteiger partial charge in [-0.1, -0.05) is 6.07 Å². The molecule has 0 saturated carbocycles. The van der Waals surface area contributed by atoms with Gasteiger partial charge in [0.2, 0.25) is 5.91 Å². The Morgan fingerprint density at radius 3 is 2.70 bits per heavy atom. The molecule has 108 valence electrons. The number of fused-ring (bicyclic) bond motifs is 1. The van der Waals surface area contributed by atoms with E-state index in [-0.39, 0.29) is 18.3 Å². The van der Waals surface area contributed by atoms with E-state index in [2.05, 4.69) is 0 Å². The number of aliphatic hydroxyl groups excluding tert-OH is 1. The van der Waals surface area contributed by atoms with Gasteiger partial charge in [0, 0.05) is 23.6 Å². The first-order valence-electron chi connectivity index (χ1n) is 6.63. The molecular formula is C15H19NO3S. The number of ketones is 1. The highest BCUT2D eigenvalue weighted by atomic mass is 32.2. The van der Waals surface area contributed by atoms with Crippen molar-refractivity contribution in [2.45, 2.75) is 36.8 Å². The molecule has 0 aliphatic carbocycles. The average molecular weight is 293 g/mol. The normalized spacial score (nSPS) is 17.0. The topological polar surface area (TPSA) is 57.6 Å². The van der Waals surface area contributed by atoms with Crippen molar-refractivity contribution in [3.05, 3.63) is 23.8 Å². The minimum absolute atomic E-state index is 0.0165. The molecular weight excluding hydrogens is 274 g/mol. The smallest absolute Gasteiger partial charge is 0.243 e. The third-order valence-corrected chi connectivity index (χ3v) is 4.57. The second kappa shape index (κ2) is 5.58. The molecule has 5 heteroatoms. The lowest BCUT2D eigenvalue weighted by Crippen LogP contribution is -2.47. The number of hydrogen-bond acceptors (Lipinski definition) is 4. The number of benzene rings is 1. The van der Waals surface area contributed by atoms with Crippen LogP contribution < -0.4 is 4.90 Å². The predicted octanol–water partition coefficient (Wildman–Crippen LogP) is 2.49. The highest BCUT2D eigenvalue weighted by molar-refractivity contribution is 8.01. The largest absolute Gasteiger partial charge is 0.396 e. The second-order valence-corrected chi connectivity index (χ2v) is 7.05. The molecule has 0 atom stereocenters. The molecule has 1 N–H and O–H groups in total. The standard InChI is InChI=1S/C15H19NO3S/c1-10(18)11-5-6-13-12(9-11)16(7-4-8-17)14(19)15(2,3)20-13/h5-6,9,17H,4,7-8H2,1-3H3. The summed E-state index contributed by atoms with van der Waals surface area (Å²) in [4.78, 5) is 26.7. The lowest BCUT2D eigenvalue weighted by atomic mass is 10.1. The Morgan fingerprint density at radius 2 is 2.10 bits per heavy atom. The zero-order chi connectivity index (χ0) is 14.9. The quantitative estimate of drug-likeness (QED) is 0.867. The molecule has 1 aliphatic heterocycles. The molecule has 0 radical (unpaired) electrons. The second-order valence-electron chi connectivity index (χ2n) is 5.39. The van der Waals surface area contributed by atoms with Gasteiger partial charge in [0.1, 0.15) is 0 Å². The van der Waals surface area contributed by atoms with Crippen LogP contribution in [0.2, 0.25) is 0 Å². The molecule has 20 heavy (non-hydrogen) atoms. The Labute approximate surface area is 123 Å². The number of amides is 1. The molecule has 1 amide bonds. The van der Waals surface area contributed by atoms with Gasteiger partial charge >= 0.3 is 0 Å². The molecule has 1 heterocycles. The fourth-order valence-corrected chi connectivity index (χ4v) is 3.39. The lowest BCUT2D eigenvalue weighted by molar-refractivity contribution is -0.120. The van der Waals surface area contributed by atoms with Crippen molar-refractivity contribution in [2.75, 3.05) is 18.1 Å². The summed E-state index contributed by atoms with van der Waals surface area (Å²) in [5.74, 6) is 0.00124. The van der Waals surface area contributed by atoms with Crippen LogP contribution in [0.1, 0.15) is 37.6 Å². The van der Waals surface area contributed by atoms with Crippen LogP contribution in [0.4, 0.5) is 5.69 Å². The van der Waals surface area contributed by atoms with E-state index in [0.29, 0.717) is 18.5 Å². The monoisotopic (exact) mass is 293 g/mol. The van der Waals surface area contributed by atoms with Crippen LogP contribution in [-0.4, -0.2) is 34.7 Å². The van der Waals surface area contributed by atoms with Crippen LogP contribution >= 0.6 is 11.8 Å². The molecule has 0 unspecified atom stereocenters. The first-order chi connectivity index (χ1) is 9.36. The van der Waals surface area contributed by atoms with E-state index in [9.17, 15) is 9.59 Å². The van der Waals surface area contributed by atoms with Crippen molar-refractivity contribution in [3.8, 4) is 0 Å². The Kier molecular flexibility index (Phi) is 4.20. The summed E-state index contributed by atoms with van der Waals surface area (Å²) in [6.07, 6.45) is 0.524. The van der Waals surface area contributed by atoms with Crippen LogP contribution in [0, 0.1) is 0 Å².